The van der Waals surface area contributed by atoms with E-state index in [-0.39, 0.29) is 11.5 Å². The van der Waals surface area contributed by atoms with Gasteiger partial charge in [-0.15, -0.1) is 5.10 Å². The number of aromatic nitrogens is 3. The van der Waals surface area contributed by atoms with E-state index in [9.17, 15) is 0 Å². The summed E-state index contributed by atoms with van der Waals surface area (Å²) in [4.78, 5) is 0. The van der Waals surface area contributed by atoms with Crippen molar-refractivity contribution in [2.24, 2.45) is 11.1 Å². The zero-order chi connectivity index (χ0) is 12.5. The van der Waals surface area contributed by atoms with Gasteiger partial charge in [0, 0.05) is 0 Å². The van der Waals surface area contributed by atoms with E-state index in [1.807, 2.05) is 30.3 Å². The fourth-order valence-electron chi connectivity index (χ4n) is 1.67. The van der Waals surface area contributed by atoms with Crippen LogP contribution in [0, 0.1) is 5.41 Å². The molecular formula is C13H18N4. The second kappa shape index (κ2) is 4.30. The summed E-state index contributed by atoms with van der Waals surface area (Å²) in [6.45, 7) is 6.33. The molecule has 1 heterocycles. The van der Waals surface area contributed by atoms with Crippen LogP contribution in [0.2, 0.25) is 0 Å². The van der Waals surface area contributed by atoms with Gasteiger partial charge in [-0.25, -0.2) is 4.68 Å². The summed E-state index contributed by atoms with van der Waals surface area (Å²) in [6, 6.07) is 9.82. The van der Waals surface area contributed by atoms with Crippen molar-refractivity contribution in [2.75, 3.05) is 0 Å². The van der Waals surface area contributed by atoms with Crippen LogP contribution in [0.25, 0.3) is 5.69 Å². The van der Waals surface area contributed by atoms with E-state index >= 15 is 0 Å². The molecule has 0 saturated heterocycles. The number of hydrogen-bond acceptors (Lipinski definition) is 3. The minimum Gasteiger partial charge on any atom is -0.322 e. The van der Waals surface area contributed by atoms with E-state index in [2.05, 4.69) is 31.1 Å². The van der Waals surface area contributed by atoms with Crippen molar-refractivity contribution in [1.29, 1.82) is 0 Å². The first kappa shape index (κ1) is 11.8. The number of nitrogens with zero attached hydrogens (tertiary/aromatic N) is 3. The molecule has 2 aromatic rings. The molecular weight excluding hydrogens is 212 g/mol. The lowest BCUT2D eigenvalue weighted by Crippen LogP contribution is -2.28. The minimum absolute atomic E-state index is 0.0196. The second-order valence-electron chi connectivity index (χ2n) is 5.25. The van der Waals surface area contributed by atoms with E-state index in [0.29, 0.717) is 0 Å². The van der Waals surface area contributed by atoms with E-state index < -0.39 is 0 Å². The molecule has 0 fully saturated rings. The number of nitrogens with two attached hydrogens (primary N) is 1. The molecule has 1 aromatic carbocycles. The fourth-order valence-corrected chi connectivity index (χ4v) is 1.67. The van der Waals surface area contributed by atoms with Crippen molar-refractivity contribution in [2.45, 2.75) is 26.8 Å². The standard InChI is InChI=1S/C13H18N4/c1-13(2,3)12(14)11-9-15-16-17(11)10-7-5-4-6-8-10/h4-9,12H,14H2,1-3H3. The average molecular weight is 230 g/mol. The van der Waals surface area contributed by atoms with Gasteiger partial charge in [0.05, 0.1) is 23.6 Å². The third-order valence-corrected chi connectivity index (χ3v) is 2.83. The minimum atomic E-state index is -0.0993. The van der Waals surface area contributed by atoms with E-state index in [4.69, 9.17) is 5.73 Å². The molecule has 1 unspecified atom stereocenters. The van der Waals surface area contributed by atoms with Crippen LogP contribution in [0.3, 0.4) is 0 Å². The SMILES string of the molecule is CC(C)(C)C(N)c1cnnn1-c1ccccc1. The van der Waals surface area contributed by atoms with Gasteiger partial charge >= 0.3 is 0 Å². The van der Waals surface area contributed by atoms with Crippen molar-refractivity contribution < 1.29 is 0 Å². The highest BCUT2D eigenvalue weighted by molar-refractivity contribution is 5.32. The number of benzene rings is 1. The van der Waals surface area contributed by atoms with Crippen LogP contribution in [0.15, 0.2) is 36.5 Å². The molecule has 1 aromatic heterocycles. The number of hydrogen-bond donors (Lipinski definition) is 1. The fraction of sp³-hybridized carbons (Fsp3) is 0.385. The Kier molecular flexibility index (Phi) is 2.98. The topological polar surface area (TPSA) is 56.7 Å². The van der Waals surface area contributed by atoms with Gasteiger partial charge in [0.15, 0.2) is 0 Å². The molecule has 0 spiro atoms. The Morgan fingerprint density at radius 1 is 1.18 bits per heavy atom. The zero-order valence-corrected chi connectivity index (χ0v) is 10.5. The molecule has 0 radical (unpaired) electrons. The Morgan fingerprint density at radius 2 is 1.82 bits per heavy atom. The molecule has 90 valence electrons. The molecule has 0 aliphatic heterocycles. The van der Waals surface area contributed by atoms with Crippen LogP contribution in [0.5, 0.6) is 0 Å². The maximum absolute atomic E-state index is 6.25. The lowest BCUT2D eigenvalue weighted by molar-refractivity contribution is 0.317. The lowest BCUT2D eigenvalue weighted by atomic mass is 9.85. The summed E-state index contributed by atoms with van der Waals surface area (Å²) >= 11 is 0. The van der Waals surface area contributed by atoms with Crippen LogP contribution >= 0.6 is 0 Å². The third kappa shape index (κ3) is 2.36. The second-order valence-corrected chi connectivity index (χ2v) is 5.25. The molecule has 0 bridgehead atoms. The average Bonchev–Trinajstić information content (AvgIpc) is 2.76. The molecule has 1 atom stereocenters. The maximum Gasteiger partial charge on any atom is 0.0818 e. The number of rotatable bonds is 2. The smallest absolute Gasteiger partial charge is 0.0818 e. The van der Waals surface area contributed by atoms with Crippen LogP contribution in [0.4, 0.5) is 0 Å². The predicted octanol–water partition coefficient (Wildman–Crippen LogP) is 2.31. The Morgan fingerprint density at radius 3 is 2.41 bits per heavy atom. The van der Waals surface area contributed by atoms with Crippen LogP contribution < -0.4 is 5.73 Å². The first-order valence-electron chi connectivity index (χ1n) is 5.72. The zero-order valence-electron chi connectivity index (χ0n) is 10.5. The van der Waals surface area contributed by atoms with Gasteiger partial charge in [-0.2, -0.15) is 0 Å². The van der Waals surface area contributed by atoms with Crippen molar-refractivity contribution in [1.82, 2.24) is 15.0 Å². The molecule has 2 N–H and O–H groups in total. The summed E-state index contributed by atoms with van der Waals surface area (Å²) in [5.41, 5.74) is 8.15. The molecule has 0 aliphatic rings. The quantitative estimate of drug-likeness (QED) is 0.861. The van der Waals surface area contributed by atoms with Crippen LogP contribution in [-0.2, 0) is 0 Å². The predicted molar refractivity (Wildman–Crippen MR) is 67.7 cm³/mol. The summed E-state index contributed by atoms with van der Waals surface area (Å²) in [5.74, 6) is 0. The summed E-state index contributed by atoms with van der Waals surface area (Å²) in [6.07, 6.45) is 1.74. The monoisotopic (exact) mass is 230 g/mol. The van der Waals surface area contributed by atoms with Crippen molar-refractivity contribution in [3.05, 3.63) is 42.2 Å². The van der Waals surface area contributed by atoms with Gasteiger partial charge in [-0.1, -0.05) is 44.2 Å². The van der Waals surface area contributed by atoms with Gasteiger partial charge in [0.2, 0.25) is 0 Å². The van der Waals surface area contributed by atoms with Crippen LogP contribution in [-0.4, -0.2) is 15.0 Å². The Labute approximate surface area is 101 Å². The molecule has 2 rings (SSSR count). The van der Waals surface area contributed by atoms with Gasteiger partial charge < -0.3 is 5.73 Å². The van der Waals surface area contributed by atoms with Gasteiger partial charge in [-0.3, -0.25) is 0 Å². The van der Waals surface area contributed by atoms with Crippen molar-refractivity contribution in [3.63, 3.8) is 0 Å². The molecule has 0 aliphatic carbocycles. The highest BCUT2D eigenvalue weighted by Crippen LogP contribution is 2.30. The van der Waals surface area contributed by atoms with Gasteiger partial charge in [-0.05, 0) is 17.5 Å². The molecule has 4 heteroatoms. The summed E-state index contributed by atoms with van der Waals surface area (Å²) in [5, 5.41) is 8.07. The van der Waals surface area contributed by atoms with E-state index in [0.717, 1.165) is 11.4 Å². The largest absolute Gasteiger partial charge is 0.322 e. The normalized spacial score (nSPS) is 13.6. The molecule has 0 amide bonds. The van der Waals surface area contributed by atoms with Crippen molar-refractivity contribution >= 4 is 0 Å². The third-order valence-electron chi connectivity index (χ3n) is 2.83. The molecule has 17 heavy (non-hydrogen) atoms. The number of para-hydroxylation sites is 1. The first-order chi connectivity index (χ1) is 8.00. The Balaban J connectivity index is 2.43. The van der Waals surface area contributed by atoms with Crippen LogP contribution in [0.1, 0.15) is 32.5 Å². The van der Waals surface area contributed by atoms with Gasteiger partial charge in [0.1, 0.15) is 0 Å². The van der Waals surface area contributed by atoms with Crippen molar-refractivity contribution in [3.8, 4) is 5.69 Å². The maximum atomic E-state index is 6.25. The first-order valence-corrected chi connectivity index (χ1v) is 5.72. The van der Waals surface area contributed by atoms with E-state index in [1.54, 1.807) is 10.9 Å². The Hall–Kier alpha value is -1.68. The molecule has 0 saturated carbocycles. The lowest BCUT2D eigenvalue weighted by Gasteiger charge is -2.26. The Bertz CT molecular complexity index is 482. The highest BCUT2D eigenvalue weighted by atomic mass is 15.4. The summed E-state index contributed by atoms with van der Waals surface area (Å²) in [7, 11) is 0. The van der Waals surface area contributed by atoms with Gasteiger partial charge in [0.25, 0.3) is 0 Å². The summed E-state index contributed by atoms with van der Waals surface area (Å²) < 4.78 is 1.80. The molecule has 4 nitrogen and oxygen atoms in total. The van der Waals surface area contributed by atoms with E-state index in [1.165, 1.54) is 0 Å². The highest BCUT2D eigenvalue weighted by Gasteiger charge is 2.26.